The SMILES string of the molecule is CCOC(=O)C1(Cc2cncs2)C[C@@H]([C@H](Cc2ccccc2)NC(=O)OC(C)(C)C)OC1=O. The van der Waals surface area contributed by atoms with E-state index < -0.39 is 41.2 Å². The molecule has 1 amide bonds. The maximum Gasteiger partial charge on any atom is 0.408 e. The van der Waals surface area contributed by atoms with E-state index in [0.717, 1.165) is 10.4 Å². The summed E-state index contributed by atoms with van der Waals surface area (Å²) in [6.07, 6.45) is 0.897. The van der Waals surface area contributed by atoms with Gasteiger partial charge in [0.15, 0.2) is 5.41 Å². The first-order valence-electron chi connectivity index (χ1n) is 10.9. The molecule has 1 aliphatic rings. The lowest BCUT2D eigenvalue weighted by Crippen LogP contribution is -2.47. The number of hydrogen-bond acceptors (Lipinski definition) is 8. The van der Waals surface area contributed by atoms with Gasteiger partial charge in [-0.2, -0.15) is 0 Å². The predicted molar refractivity (Wildman–Crippen MR) is 123 cm³/mol. The summed E-state index contributed by atoms with van der Waals surface area (Å²) >= 11 is 1.36. The van der Waals surface area contributed by atoms with Crippen molar-refractivity contribution in [2.24, 2.45) is 5.41 Å². The van der Waals surface area contributed by atoms with Crippen molar-refractivity contribution >= 4 is 29.4 Å². The van der Waals surface area contributed by atoms with Gasteiger partial charge < -0.3 is 19.5 Å². The van der Waals surface area contributed by atoms with E-state index in [1.807, 2.05) is 30.3 Å². The van der Waals surface area contributed by atoms with Crippen molar-refractivity contribution < 1.29 is 28.6 Å². The molecule has 1 fully saturated rings. The second kappa shape index (κ2) is 10.3. The minimum absolute atomic E-state index is 0.0792. The number of amides is 1. The molecule has 0 aliphatic carbocycles. The number of cyclic esters (lactones) is 1. The monoisotopic (exact) mass is 474 g/mol. The maximum absolute atomic E-state index is 13.1. The molecule has 3 atom stereocenters. The fraction of sp³-hybridized carbons (Fsp3) is 0.500. The third-order valence-corrected chi connectivity index (χ3v) is 6.05. The summed E-state index contributed by atoms with van der Waals surface area (Å²) in [5.74, 6) is -1.27. The Balaban J connectivity index is 1.88. The van der Waals surface area contributed by atoms with Crippen LogP contribution < -0.4 is 5.32 Å². The summed E-state index contributed by atoms with van der Waals surface area (Å²) in [4.78, 5) is 43.5. The van der Waals surface area contributed by atoms with E-state index in [1.165, 1.54) is 11.3 Å². The molecule has 33 heavy (non-hydrogen) atoms. The second-order valence-corrected chi connectivity index (χ2v) is 10.0. The lowest BCUT2D eigenvalue weighted by atomic mass is 9.79. The molecule has 0 spiro atoms. The van der Waals surface area contributed by atoms with E-state index in [-0.39, 0.29) is 19.4 Å². The average molecular weight is 475 g/mol. The van der Waals surface area contributed by atoms with E-state index in [4.69, 9.17) is 14.2 Å². The van der Waals surface area contributed by atoms with Crippen LogP contribution in [0.25, 0.3) is 0 Å². The van der Waals surface area contributed by atoms with E-state index in [1.54, 1.807) is 39.4 Å². The van der Waals surface area contributed by atoms with E-state index in [9.17, 15) is 14.4 Å². The average Bonchev–Trinajstić information content (AvgIpc) is 3.36. The standard InChI is InChI=1S/C24H30N2O6S/c1-5-30-20(27)24(12-17-14-25-15-33-17)13-19(31-21(24)28)18(11-16-9-7-6-8-10-16)26-22(29)32-23(2,3)4/h6-10,14-15,18-19H,5,11-13H2,1-4H3,(H,26,29)/t18-,19-,24?/m0/s1. The van der Waals surface area contributed by atoms with Crippen molar-refractivity contribution in [2.75, 3.05) is 6.61 Å². The van der Waals surface area contributed by atoms with Crippen LogP contribution in [0.2, 0.25) is 0 Å². The number of hydrogen-bond donors (Lipinski definition) is 1. The van der Waals surface area contributed by atoms with Crippen molar-refractivity contribution in [1.82, 2.24) is 10.3 Å². The third-order valence-electron chi connectivity index (χ3n) is 5.27. The van der Waals surface area contributed by atoms with Crippen LogP contribution in [0.15, 0.2) is 42.0 Å². The van der Waals surface area contributed by atoms with Gasteiger partial charge >= 0.3 is 18.0 Å². The quantitative estimate of drug-likeness (QED) is 0.353. The highest BCUT2D eigenvalue weighted by Gasteiger charge is 2.58. The van der Waals surface area contributed by atoms with Crippen molar-refractivity contribution in [2.45, 2.75) is 64.7 Å². The number of nitrogens with zero attached hydrogens (tertiary/aromatic N) is 1. The van der Waals surface area contributed by atoms with Gasteiger partial charge in [-0.1, -0.05) is 30.3 Å². The number of esters is 2. The van der Waals surface area contributed by atoms with Gasteiger partial charge in [0.25, 0.3) is 0 Å². The molecular formula is C24H30N2O6S. The van der Waals surface area contributed by atoms with Crippen LogP contribution in [0, 0.1) is 5.41 Å². The molecule has 0 bridgehead atoms. The Hall–Kier alpha value is -2.94. The minimum atomic E-state index is -1.49. The summed E-state index contributed by atoms with van der Waals surface area (Å²) in [6.45, 7) is 7.16. The number of alkyl carbamates (subject to hydrolysis) is 1. The Morgan fingerprint density at radius 3 is 2.64 bits per heavy atom. The second-order valence-electron chi connectivity index (χ2n) is 9.04. The molecule has 1 aliphatic heterocycles. The highest BCUT2D eigenvalue weighted by Crippen LogP contribution is 2.41. The lowest BCUT2D eigenvalue weighted by Gasteiger charge is -2.27. The van der Waals surface area contributed by atoms with Crippen LogP contribution in [-0.2, 0) is 36.6 Å². The van der Waals surface area contributed by atoms with Gasteiger partial charge in [0.05, 0.1) is 18.2 Å². The number of carbonyl (C=O) groups is 3. The van der Waals surface area contributed by atoms with Gasteiger partial charge in [0.1, 0.15) is 11.7 Å². The van der Waals surface area contributed by atoms with Gasteiger partial charge in [-0.3, -0.25) is 14.6 Å². The zero-order chi connectivity index (χ0) is 24.1. The number of benzene rings is 1. The van der Waals surface area contributed by atoms with Crippen LogP contribution >= 0.6 is 11.3 Å². The van der Waals surface area contributed by atoms with Gasteiger partial charge in [0.2, 0.25) is 0 Å². The summed E-state index contributed by atoms with van der Waals surface area (Å²) in [7, 11) is 0. The molecule has 8 nitrogen and oxygen atoms in total. The Kier molecular flexibility index (Phi) is 7.73. The van der Waals surface area contributed by atoms with Gasteiger partial charge in [-0.25, -0.2) is 4.79 Å². The van der Waals surface area contributed by atoms with Gasteiger partial charge in [-0.15, -0.1) is 11.3 Å². The number of rotatable bonds is 8. The summed E-state index contributed by atoms with van der Waals surface area (Å²) < 4.78 is 16.4. The summed E-state index contributed by atoms with van der Waals surface area (Å²) in [6, 6.07) is 8.95. The molecule has 1 unspecified atom stereocenters. The van der Waals surface area contributed by atoms with Crippen molar-refractivity contribution in [3.05, 3.63) is 52.5 Å². The molecule has 1 N–H and O–H groups in total. The van der Waals surface area contributed by atoms with E-state index in [0.29, 0.717) is 6.42 Å². The number of nitrogens with one attached hydrogen (secondary N) is 1. The first-order chi connectivity index (χ1) is 15.6. The Morgan fingerprint density at radius 2 is 2.03 bits per heavy atom. The van der Waals surface area contributed by atoms with Crippen LogP contribution in [-0.4, -0.2) is 47.4 Å². The molecule has 0 radical (unpaired) electrons. The highest BCUT2D eigenvalue weighted by molar-refractivity contribution is 7.09. The number of carbonyl (C=O) groups excluding carboxylic acids is 3. The first-order valence-corrected chi connectivity index (χ1v) is 11.8. The normalized spacial score (nSPS) is 21.2. The van der Waals surface area contributed by atoms with Crippen molar-refractivity contribution in [3.63, 3.8) is 0 Å². The molecule has 1 aromatic heterocycles. The fourth-order valence-electron chi connectivity index (χ4n) is 3.82. The zero-order valence-corrected chi connectivity index (χ0v) is 20.1. The predicted octanol–water partition coefficient (Wildman–Crippen LogP) is 3.69. The van der Waals surface area contributed by atoms with Crippen molar-refractivity contribution in [3.8, 4) is 0 Å². The Labute approximate surface area is 197 Å². The Morgan fingerprint density at radius 1 is 1.30 bits per heavy atom. The molecule has 0 saturated carbocycles. The minimum Gasteiger partial charge on any atom is -0.465 e. The van der Waals surface area contributed by atoms with E-state index >= 15 is 0 Å². The zero-order valence-electron chi connectivity index (χ0n) is 19.3. The smallest absolute Gasteiger partial charge is 0.408 e. The molecule has 1 aromatic carbocycles. The highest BCUT2D eigenvalue weighted by atomic mass is 32.1. The summed E-state index contributed by atoms with van der Waals surface area (Å²) in [5.41, 5.74) is 0.423. The Bertz CT molecular complexity index is 957. The first kappa shape index (κ1) is 24.7. The topological polar surface area (TPSA) is 104 Å². The lowest BCUT2D eigenvalue weighted by molar-refractivity contribution is -0.165. The fourth-order valence-corrected chi connectivity index (χ4v) is 4.53. The van der Waals surface area contributed by atoms with Gasteiger partial charge in [0, 0.05) is 23.9 Å². The van der Waals surface area contributed by atoms with Crippen LogP contribution in [0.5, 0.6) is 0 Å². The molecule has 2 aromatic rings. The molecule has 178 valence electrons. The molecule has 2 heterocycles. The number of thiazole rings is 1. The van der Waals surface area contributed by atoms with E-state index in [2.05, 4.69) is 10.3 Å². The largest absolute Gasteiger partial charge is 0.465 e. The van der Waals surface area contributed by atoms with Crippen LogP contribution in [0.1, 0.15) is 44.6 Å². The molecule has 9 heteroatoms. The molecule has 1 saturated heterocycles. The number of ether oxygens (including phenoxy) is 3. The summed E-state index contributed by atoms with van der Waals surface area (Å²) in [5, 5.41) is 2.85. The van der Waals surface area contributed by atoms with Gasteiger partial charge in [-0.05, 0) is 39.7 Å². The van der Waals surface area contributed by atoms with Crippen LogP contribution in [0.3, 0.4) is 0 Å². The maximum atomic E-state index is 13.1. The number of aromatic nitrogens is 1. The van der Waals surface area contributed by atoms with Crippen molar-refractivity contribution in [1.29, 1.82) is 0 Å². The molecule has 3 rings (SSSR count). The van der Waals surface area contributed by atoms with Crippen LogP contribution in [0.4, 0.5) is 4.79 Å². The third kappa shape index (κ3) is 6.31. The molecular weight excluding hydrogens is 444 g/mol.